The number of benzene rings is 1. The zero-order valence-electron chi connectivity index (χ0n) is 10.5. The third kappa shape index (κ3) is 1.95. The summed E-state index contributed by atoms with van der Waals surface area (Å²) in [6, 6.07) is 7.34. The van der Waals surface area contributed by atoms with Crippen molar-refractivity contribution in [2.75, 3.05) is 6.54 Å². The molecule has 3 heteroatoms. The van der Waals surface area contributed by atoms with E-state index in [2.05, 4.69) is 47.0 Å². The van der Waals surface area contributed by atoms with Gasteiger partial charge >= 0.3 is 0 Å². The molecule has 1 fully saturated rings. The largest absolute Gasteiger partial charge is 0.331 e. The molecule has 1 N–H and O–H groups in total. The maximum absolute atomic E-state index is 4.59. The Labute approximate surface area is 102 Å². The van der Waals surface area contributed by atoms with Crippen LogP contribution in [0.1, 0.15) is 24.2 Å². The first-order chi connectivity index (χ1) is 8.24. The first-order valence-electron chi connectivity index (χ1n) is 6.39. The number of hydrogen-bond donors (Lipinski definition) is 1. The summed E-state index contributed by atoms with van der Waals surface area (Å²) in [5.74, 6) is 1.08. The van der Waals surface area contributed by atoms with Gasteiger partial charge in [0.1, 0.15) is 5.82 Å². The molecule has 3 nitrogen and oxygen atoms in total. The Morgan fingerprint density at radius 1 is 1.47 bits per heavy atom. The second-order valence-corrected chi connectivity index (χ2v) is 5.04. The van der Waals surface area contributed by atoms with Crippen LogP contribution in [0.25, 0.3) is 11.0 Å². The Bertz CT molecular complexity index is 536. The highest BCUT2D eigenvalue weighted by Gasteiger charge is 2.15. The van der Waals surface area contributed by atoms with Gasteiger partial charge in [0.25, 0.3) is 0 Å². The van der Waals surface area contributed by atoms with E-state index in [1.165, 1.54) is 30.5 Å². The normalized spacial score (nSPS) is 20.2. The highest BCUT2D eigenvalue weighted by molar-refractivity contribution is 5.76. The van der Waals surface area contributed by atoms with Gasteiger partial charge < -0.3 is 9.88 Å². The lowest BCUT2D eigenvalue weighted by Gasteiger charge is -2.09. The lowest BCUT2D eigenvalue weighted by atomic mass is 10.0. The Hall–Kier alpha value is -1.35. The highest BCUT2D eigenvalue weighted by atomic mass is 15.0. The van der Waals surface area contributed by atoms with Crippen LogP contribution in [0.3, 0.4) is 0 Å². The third-order valence-corrected chi connectivity index (χ3v) is 3.81. The fourth-order valence-corrected chi connectivity index (χ4v) is 2.71. The average Bonchev–Trinajstić information content (AvgIpc) is 2.89. The van der Waals surface area contributed by atoms with E-state index in [4.69, 9.17) is 0 Å². The van der Waals surface area contributed by atoms with E-state index in [-0.39, 0.29) is 0 Å². The van der Waals surface area contributed by atoms with Gasteiger partial charge in [0.05, 0.1) is 11.0 Å². The van der Waals surface area contributed by atoms with Crippen molar-refractivity contribution in [3.05, 3.63) is 29.6 Å². The summed E-state index contributed by atoms with van der Waals surface area (Å²) in [5, 5.41) is 3.54. The smallest absolute Gasteiger partial charge is 0.106 e. The number of imidazole rings is 1. The number of hydrogen-bond acceptors (Lipinski definition) is 2. The van der Waals surface area contributed by atoms with Crippen LogP contribution in [0.4, 0.5) is 0 Å². The van der Waals surface area contributed by atoms with Gasteiger partial charge in [-0.1, -0.05) is 6.07 Å². The summed E-state index contributed by atoms with van der Waals surface area (Å²) in [7, 11) is 2.07. The minimum Gasteiger partial charge on any atom is -0.331 e. The van der Waals surface area contributed by atoms with Gasteiger partial charge in [0, 0.05) is 13.1 Å². The first kappa shape index (κ1) is 10.8. The van der Waals surface area contributed by atoms with E-state index in [0.29, 0.717) is 6.04 Å². The Balaban J connectivity index is 1.90. The van der Waals surface area contributed by atoms with Gasteiger partial charge in [0.15, 0.2) is 0 Å². The molecule has 90 valence electrons. The van der Waals surface area contributed by atoms with Crippen LogP contribution in [0.2, 0.25) is 0 Å². The van der Waals surface area contributed by atoms with Gasteiger partial charge in [-0.2, -0.15) is 0 Å². The van der Waals surface area contributed by atoms with Crippen molar-refractivity contribution in [2.45, 2.75) is 32.2 Å². The summed E-state index contributed by atoms with van der Waals surface area (Å²) in [6.07, 6.45) is 3.75. The molecule has 0 saturated carbocycles. The molecule has 1 aliphatic rings. The molecule has 1 atom stereocenters. The van der Waals surface area contributed by atoms with E-state index < -0.39 is 0 Å². The van der Waals surface area contributed by atoms with Crippen LogP contribution >= 0.6 is 0 Å². The summed E-state index contributed by atoms with van der Waals surface area (Å²) < 4.78 is 2.15. The number of fused-ring (bicyclic) bond motifs is 1. The molecule has 1 unspecified atom stereocenters. The topological polar surface area (TPSA) is 29.9 Å². The zero-order chi connectivity index (χ0) is 11.8. The molecule has 3 rings (SSSR count). The molecular weight excluding hydrogens is 210 g/mol. The highest BCUT2D eigenvalue weighted by Crippen LogP contribution is 2.19. The van der Waals surface area contributed by atoms with E-state index >= 15 is 0 Å². The van der Waals surface area contributed by atoms with E-state index in [1.54, 1.807) is 0 Å². The molecule has 0 radical (unpaired) electrons. The number of aryl methyl sites for hydroxylation is 2. The fourth-order valence-electron chi connectivity index (χ4n) is 2.71. The van der Waals surface area contributed by atoms with Crippen molar-refractivity contribution in [1.82, 2.24) is 14.9 Å². The van der Waals surface area contributed by atoms with Crippen molar-refractivity contribution >= 4 is 11.0 Å². The molecule has 1 aromatic heterocycles. The van der Waals surface area contributed by atoms with Crippen molar-refractivity contribution < 1.29 is 0 Å². The van der Waals surface area contributed by atoms with Gasteiger partial charge in [-0.25, -0.2) is 4.98 Å². The van der Waals surface area contributed by atoms with Crippen LogP contribution in [0.15, 0.2) is 18.2 Å². The standard InChI is InChI=1S/C14H19N3/c1-10-16-13-9-11(5-6-14(13)17(10)2)8-12-4-3-7-15-12/h5-6,9,12,15H,3-4,7-8H2,1-2H3. The average molecular weight is 229 g/mol. The van der Waals surface area contributed by atoms with Crippen LogP contribution in [-0.2, 0) is 13.5 Å². The number of nitrogens with zero attached hydrogens (tertiary/aromatic N) is 2. The molecule has 0 spiro atoms. The molecular formula is C14H19N3. The van der Waals surface area contributed by atoms with Gasteiger partial charge in [-0.15, -0.1) is 0 Å². The van der Waals surface area contributed by atoms with Crippen LogP contribution in [0.5, 0.6) is 0 Å². The Kier molecular flexibility index (Phi) is 2.63. The maximum atomic E-state index is 4.59. The molecule has 0 aliphatic carbocycles. The predicted molar refractivity (Wildman–Crippen MR) is 70.2 cm³/mol. The van der Waals surface area contributed by atoms with Gasteiger partial charge in [-0.05, 0) is 50.4 Å². The molecule has 0 amide bonds. The lowest BCUT2D eigenvalue weighted by Crippen LogP contribution is -2.23. The molecule has 2 aromatic rings. The third-order valence-electron chi connectivity index (χ3n) is 3.81. The number of rotatable bonds is 2. The molecule has 1 aliphatic heterocycles. The number of nitrogens with one attached hydrogen (secondary N) is 1. The first-order valence-corrected chi connectivity index (χ1v) is 6.39. The SMILES string of the molecule is Cc1nc2cc(CC3CCCN3)ccc2n1C. The molecule has 0 bridgehead atoms. The van der Waals surface area contributed by atoms with Crippen LogP contribution in [0, 0.1) is 6.92 Å². The quantitative estimate of drug-likeness (QED) is 0.855. The monoisotopic (exact) mass is 229 g/mol. The summed E-state index contributed by atoms with van der Waals surface area (Å²) in [6.45, 7) is 3.23. The second kappa shape index (κ2) is 4.15. The number of aromatic nitrogens is 2. The van der Waals surface area contributed by atoms with Crippen molar-refractivity contribution in [3.63, 3.8) is 0 Å². The van der Waals surface area contributed by atoms with E-state index in [9.17, 15) is 0 Å². The predicted octanol–water partition coefficient (Wildman–Crippen LogP) is 2.18. The van der Waals surface area contributed by atoms with Crippen molar-refractivity contribution in [2.24, 2.45) is 7.05 Å². The van der Waals surface area contributed by atoms with Crippen LogP contribution in [-0.4, -0.2) is 22.1 Å². The lowest BCUT2D eigenvalue weighted by molar-refractivity contribution is 0.603. The Morgan fingerprint density at radius 3 is 3.12 bits per heavy atom. The Morgan fingerprint density at radius 2 is 2.35 bits per heavy atom. The maximum Gasteiger partial charge on any atom is 0.106 e. The minimum atomic E-state index is 0.664. The second-order valence-electron chi connectivity index (χ2n) is 5.04. The molecule has 1 aromatic carbocycles. The molecule has 1 saturated heterocycles. The summed E-state index contributed by atoms with van der Waals surface area (Å²) in [5.41, 5.74) is 3.75. The van der Waals surface area contributed by atoms with Gasteiger partial charge in [-0.3, -0.25) is 0 Å². The van der Waals surface area contributed by atoms with Crippen molar-refractivity contribution in [1.29, 1.82) is 0 Å². The summed E-state index contributed by atoms with van der Waals surface area (Å²) in [4.78, 5) is 4.59. The molecule has 2 heterocycles. The summed E-state index contributed by atoms with van der Waals surface area (Å²) >= 11 is 0. The van der Waals surface area contributed by atoms with E-state index in [0.717, 1.165) is 17.8 Å². The fraction of sp³-hybridized carbons (Fsp3) is 0.500. The van der Waals surface area contributed by atoms with Crippen molar-refractivity contribution in [3.8, 4) is 0 Å². The van der Waals surface area contributed by atoms with E-state index in [1.807, 2.05) is 0 Å². The van der Waals surface area contributed by atoms with Crippen LogP contribution < -0.4 is 5.32 Å². The zero-order valence-corrected chi connectivity index (χ0v) is 10.5. The van der Waals surface area contributed by atoms with Gasteiger partial charge in [0.2, 0.25) is 0 Å². The molecule has 17 heavy (non-hydrogen) atoms. The minimum absolute atomic E-state index is 0.664.